The van der Waals surface area contributed by atoms with Crippen molar-refractivity contribution in [1.29, 1.82) is 0 Å². The lowest BCUT2D eigenvalue weighted by Gasteiger charge is -2.37. The lowest BCUT2D eigenvalue weighted by atomic mass is 9.94. The second-order valence-electron chi connectivity index (χ2n) is 5.17. The Morgan fingerprint density at radius 1 is 1.44 bits per heavy atom. The van der Waals surface area contributed by atoms with Gasteiger partial charge in [0.05, 0.1) is 11.2 Å². The van der Waals surface area contributed by atoms with Gasteiger partial charge in [-0.15, -0.1) is 0 Å². The summed E-state index contributed by atoms with van der Waals surface area (Å²) in [6.45, 7) is 2.74. The summed E-state index contributed by atoms with van der Waals surface area (Å²) in [4.78, 5) is 14.0. The Kier molecular flexibility index (Phi) is 3.17. The van der Waals surface area contributed by atoms with Gasteiger partial charge in [-0.05, 0) is 38.0 Å². The van der Waals surface area contributed by atoms with Gasteiger partial charge in [-0.1, -0.05) is 0 Å². The number of piperidine rings is 1. The molecule has 1 unspecified atom stereocenters. The maximum absolute atomic E-state index is 12.3. The van der Waals surface area contributed by atoms with E-state index < -0.39 is 5.60 Å². The number of amides is 1. The SMILES string of the molecule is CC1(O)CCCN(C(=O)c2ccc(N)cc2N)C1. The van der Waals surface area contributed by atoms with Crippen molar-refractivity contribution in [2.24, 2.45) is 0 Å². The molecule has 1 aromatic carbocycles. The first-order valence-electron chi connectivity index (χ1n) is 6.06. The van der Waals surface area contributed by atoms with Crippen LogP contribution in [0, 0.1) is 0 Å². The third-order valence-electron chi connectivity index (χ3n) is 3.27. The number of aliphatic hydroxyl groups is 1. The maximum Gasteiger partial charge on any atom is 0.256 e. The highest BCUT2D eigenvalue weighted by Crippen LogP contribution is 2.24. The summed E-state index contributed by atoms with van der Waals surface area (Å²) in [6, 6.07) is 4.87. The first-order chi connectivity index (χ1) is 8.39. The van der Waals surface area contributed by atoms with E-state index in [0.29, 0.717) is 36.4 Å². The Balaban J connectivity index is 2.20. The van der Waals surface area contributed by atoms with Crippen LogP contribution in [0.1, 0.15) is 30.1 Å². The molecule has 0 aromatic heterocycles. The molecule has 5 N–H and O–H groups in total. The molecule has 1 aliphatic heterocycles. The molecule has 1 amide bonds. The molecule has 2 rings (SSSR count). The van der Waals surface area contributed by atoms with Crippen molar-refractivity contribution in [2.45, 2.75) is 25.4 Å². The summed E-state index contributed by atoms with van der Waals surface area (Å²) in [5.41, 5.74) is 12.0. The van der Waals surface area contributed by atoms with Gasteiger partial charge in [0.1, 0.15) is 0 Å². The predicted octanol–water partition coefficient (Wildman–Crippen LogP) is 0.838. The van der Waals surface area contributed by atoms with Crippen LogP contribution in [0.4, 0.5) is 11.4 Å². The monoisotopic (exact) mass is 249 g/mol. The fourth-order valence-electron chi connectivity index (χ4n) is 2.34. The highest BCUT2D eigenvalue weighted by molar-refractivity contribution is 5.99. The molecule has 1 atom stereocenters. The zero-order valence-electron chi connectivity index (χ0n) is 10.5. The largest absolute Gasteiger partial charge is 0.399 e. The van der Waals surface area contributed by atoms with Crippen LogP contribution in [-0.2, 0) is 0 Å². The molecule has 5 heteroatoms. The zero-order valence-corrected chi connectivity index (χ0v) is 10.5. The minimum Gasteiger partial charge on any atom is -0.399 e. The molecule has 0 bridgehead atoms. The van der Waals surface area contributed by atoms with Crippen molar-refractivity contribution in [1.82, 2.24) is 4.90 Å². The maximum atomic E-state index is 12.3. The highest BCUT2D eigenvalue weighted by Gasteiger charge is 2.31. The third-order valence-corrected chi connectivity index (χ3v) is 3.27. The lowest BCUT2D eigenvalue weighted by molar-refractivity contribution is -0.0107. The van der Waals surface area contributed by atoms with E-state index in [-0.39, 0.29) is 5.91 Å². The van der Waals surface area contributed by atoms with E-state index in [2.05, 4.69) is 0 Å². The number of rotatable bonds is 1. The molecule has 98 valence electrons. The number of anilines is 2. The summed E-state index contributed by atoms with van der Waals surface area (Å²) >= 11 is 0. The summed E-state index contributed by atoms with van der Waals surface area (Å²) in [6.07, 6.45) is 1.52. The van der Waals surface area contributed by atoms with Crippen LogP contribution in [-0.4, -0.2) is 34.6 Å². The van der Waals surface area contributed by atoms with E-state index >= 15 is 0 Å². The molecule has 0 spiro atoms. The molecule has 5 nitrogen and oxygen atoms in total. The van der Waals surface area contributed by atoms with E-state index in [4.69, 9.17) is 11.5 Å². The quantitative estimate of drug-likeness (QED) is 0.643. The van der Waals surface area contributed by atoms with E-state index in [9.17, 15) is 9.90 Å². The van der Waals surface area contributed by atoms with Gasteiger partial charge in [-0.3, -0.25) is 4.79 Å². The Labute approximate surface area is 106 Å². The molecular weight excluding hydrogens is 230 g/mol. The molecule has 1 aliphatic rings. The minimum absolute atomic E-state index is 0.146. The van der Waals surface area contributed by atoms with Crippen LogP contribution in [0.25, 0.3) is 0 Å². The highest BCUT2D eigenvalue weighted by atomic mass is 16.3. The summed E-state index contributed by atoms with van der Waals surface area (Å²) in [7, 11) is 0. The smallest absolute Gasteiger partial charge is 0.256 e. The third kappa shape index (κ3) is 2.56. The standard InChI is InChI=1S/C13H19N3O2/c1-13(18)5-2-6-16(8-13)12(17)10-4-3-9(14)7-11(10)15/h3-4,7,18H,2,5-6,8,14-15H2,1H3. The van der Waals surface area contributed by atoms with Crippen molar-refractivity contribution >= 4 is 17.3 Å². The number of carbonyl (C=O) groups excluding carboxylic acids is 1. The van der Waals surface area contributed by atoms with Gasteiger partial charge in [0, 0.05) is 24.5 Å². The van der Waals surface area contributed by atoms with E-state index in [1.54, 1.807) is 30.0 Å². The molecule has 0 saturated carbocycles. The van der Waals surface area contributed by atoms with Gasteiger partial charge in [0.2, 0.25) is 0 Å². The lowest BCUT2D eigenvalue weighted by Crippen LogP contribution is -2.48. The number of carbonyl (C=O) groups is 1. The second kappa shape index (κ2) is 4.49. The Hall–Kier alpha value is -1.75. The van der Waals surface area contributed by atoms with Crippen LogP contribution in [0.3, 0.4) is 0 Å². The van der Waals surface area contributed by atoms with Gasteiger partial charge >= 0.3 is 0 Å². The number of hydrogen-bond acceptors (Lipinski definition) is 4. The molecular formula is C13H19N3O2. The van der Waals surface area contributed by atoms with Crippen LogP contribution in [0.15, 0.2) is 18.2 Å². The molecule has 1 heterocycles. The summed E-state index contributed by atoms with van der Waals surface area (Å²) in [5, 5.41) is 10.0. The average Bonchev–Trinajstić information content (AvgIpc) is 2.27. The molecule has 0 aliphatic carbocycles. The van der Waals surface area contributed by atoms with Gasteiger partial charge in [0.15, 0.2) is 0 Å². The minimum atomic E-state index is -0.809. The predicted molar refractivity (Wildman–Crippen MR) is 71.0 cm³/mol. The van der Waals surface area contributed by atoms with Crippen LogP contribution in [0.5, 0.6) is 0 Å². The van der Waals surface area contributed by atoms with Crippen LogP contribution < -0.4 is 11.5 Å². The summed E-state index contributed by atoms with van der Waals surface area (Å²) in [5.74, 6) is -0.146. The van der Waals surface area contributed by atoms with Crippen molar-refractivity contribution in [3.8, 4) is 0 Å². The number of nitrogens with two attached hydrogens (primary N) is 2. The average molecular weight is 249 g/mol. The molecule has 1 aromatic rings. The Morgan fingerprint density at radius 3 is 2.78 bits per heavy atom. The van der Waals surface area contributed by atoms with Crippen molar-refractivity contribution in [3.05, 3.63) is 23.8 Å². The fourth-order valence-corrected chi connectivity index (χ4v) is 2.34. The second-order valence-corrected chi connectivity index (χ2v) is 5.17. The number of hydrogen-bond donors (Lipinski definition) is 3. The van der Waals surface area contributed by atoms with E-state index in [1.807, 2.05) is 0 Å². The van der Waals surface area contributed by atoms with E-state index in [0.717, 1.165) is 6.42 Å². The molecule has 1 fully saturated rings. The fraction of sp³-hybridized carbons (Fsp3) is 0.462. The zero-order chi connectivity index (χ0) is 13.3. The van der Waals surface area contributed by atoms with Gasteiger partial charge in [-0.2, -0.15) is 0 Å². The Morgan fingerprint density at radius 2 is 2.17 bits per heavy atom. The van der Waals surface area contributed by atoms with Gasteiger partial charge in [-0.25, -0.2) is 0 Å². The van der Waals surface area contributed by atoms with Crippen molar-refractivity contribution < 1.29 is 9.90 Å². The van der Waals surface area contributed by atoms with Crippen molar-refractivity contribution in [2.75, 3.05) is 24.6 Å². The number of nitrogen functional groups attached to an aromatic ring is 2. The first-order valence-corrected chi connectivity index (χ1v) is 6.06. The topological polar surface area (TPSA) is 92.6 Å². The Bertz CT molecular complexity index is 471. The van der Waals surface area contributed by atoms with Gasteiger partial charge < -0.3 is 21.5 Å². The summed E-state index contributed by atoms with van der Waals surface area (Å²) < 4.78 is 0. The number of benzene rings is 1. The molecule has 1 saturated heterocycles. The van der Waals surface area contributed by atoms with Crippen molar-refractivity contribution in [3.63, 3.8) is 0 Å². The van der Waals surface area contributed by atoms with Gasteiger partial charge in [0.25, 0.3) is 5.91 Å². The first kappa shape index (κ1) is 12.7. The number of β-amino-alcohol motifs (C(OH)–C–C–N with tert-alkyl or cyclic N) is 1. The van der Waals surface area contributed by atoms with Crippen LogP contribution in [0.2, 0.25) is 0 Å². The number of likely N-dealkylation sites (tertiary alicyclic amines) is 1. The molecule has 0 radical (unpaired) electrons. The van der Waals surface area contributed by atoms with Crippen LogP contribution >= 0.6 is 0 Å². The normalized spacial score (nSPS) is 24.0. The van der Waals surface area contributed by atoms with E-state index in [1.165, 1.54) is 0 Å². The molecule has 18 heavy (non-hydrogen) atoms. The number of nitrogens with zero attached hydrogens (tertiary/aromatic N) is 1.